The Balaban J connectivity index is 3.59. The van der Waals surface area contributed by atoms with Gasteiger partial charge in [-0.25, -0.2) is 0 Å². The highest BCUT2D eigenvalue weighted by atomic mass is 17.0. The Hall–Kier alpha value is -1.37. The SMILES string of the molecule is CC(CC(=O)NCCN)O[N+](=O)[O-]. The monoisotopic (exact) mass is 191 g/mol. The second kappa shape index (κ2) is 6.18. The van der Waals surface area contributed by atoms with E-state index in [-0.39, 0.29) is 12.3 Å². The van der Waals surface area contributed by atoms with Gasteiger partial charge in [0, 0.05) is 13.1 Å². The molecule has 0 aliphatic rings. The third-order valence-electron chi connectivity index (χ3n) is 1.21. The van der Waals surface area contributed by atoms with E-state index in [1.165, 1.54) is 6.92 Å². The maximum atomic E-state index is 10.9. The van der Waals surface area contributed by atoms with E-state index < -0.39 is 11.2 Å². The molecule has 1 unspecified atom stereocenters. The van der Waals surface area contributed by atoms with E-state index in [9.17, 15) is 14.9 Å². The molecule has 0 aliphatic heterocycles. The van der Waals surface area contributed by atoms with Crippen LogP contribution in [0, 0.1) is 10.1 Å². The molecule has 0 bridgehead atoms. The van der Waals surface area contributed by atoms with E-state index >= 15 is 0 Å². The minimum atomic E-state index is -0.916. The summed E-state index contributed by atoms with van der Waals surface area (Å²) in [6, 6.07) is 0. The molecule has 7 nitrogen and oxygen atoms in total. The van der Waals surface area contributed by atoms with E-state index in [0.29, 0.717) is 13.1 Å². The van der Waals surface area contributed by atoms with E-state index in [0.717, 1.165) is 0 Å². The largest absolute Gasteiger partial charge is 0.355 e. The molecule has 0 radical (unpaired) electrons. The van der Waals surface area contributed by atoms with E-state index in [1.54, 1.807) is 0 Å². The minimum Gasteiger partial charge on any atom is -0.355 e. The summed E-state index contributed by atoms with van der Waals surface area (Å²) in [6.45, 7) is 2.16. The van der Waals surface area contributed by atoms with E-state index in [4.69, 9.17) is 5.73 Å². The first-order valence-corrected chi connectivity index (χ1v) is 3.84. The Kier molecular flexibility index (Phi) is 5.53. The van der Waals surface area contributed by atoms with Crippen molar-refractivity contribution in [1.82, 2.24) is 5.32 Å². The molecule has 0 aliphatic carbocycles. The molecular weight excluding hydrogens is 178 g/mol. The Labute approximate surface area is 75.3 Å². The van der Waals surface area contributed by atoms with Gasteiger partial charge in [-0.1, -0.05) is 0 Å². The summed E-state index contributed by atoms with van der Waals surface area (Å²) in [4.78, 5) is 24.9. The molecule has 13 heavy (non-hydrogen) atoms. The number of nitrogens with one attached hydrogen (secondary N) is 1. The molecule has 0 spiro atoms. The Morgan fingerprint density at radius 3 is 2.85 bits per heavy atom. The standard InChI is InChI=1S/C6H13N3O4/c1-5(13-9(11)12)4-6(10)8-3-2-7/h5H,2-4,7H2,1H3,(H,8,10). The summed E-state index contributed by atoms with van der Waals surface area (Å²) in [5.41, 5.74) is 5.13. The van der Waals surface area contributed by atoms with Crippen LogP contribution in [0.5, 0.6) is 0 Å². The third-order valence-corrected chi connectivity index (χ3v) is 1.21. The van der Waals surface area contributed by atoms with Crippen molar-refractivity contribution < 1.29 is 14.7 Å². The molecule has 76 valence electrons. The van der Waals surface area contributed by atoms with Gasteiger partial charge in [0.2, 0.25) is 5.91 Å². The molecule has 0 fully saturated rings. The number of hydrogen-bond donors (Lipinski definition) is 2. The number of nitrogens with zero attached hydrogens (tertiary/aromatic N) is 1. The molecule has 3 N–H and O–H groups in total. The van der Waals surface area contributed by atoms with Gasteiger partial charge in [0.25, 0.3) is 5.09 Å². The maximum Gasteiger partial charge on any atom is 0.294 e. The lowest BCUT2D eigenvalue weighted by Crippen LogP contribution is -2.32. The summed E-state index contributed by atoms with van der Waals surface area (Å²) in [6.07, 6.45) is -0.770. The van der Waals surface area contributed by atoms with Crippen molar-refractivity contribution in [1.29, 1.82) is 0 Å². The topological polar surface area (TPSA) is 107 Å². The number of carbonyl (C=O) groups excluding carboxylic acids is 1. The van der Waals surface area contributed by atoms with Crippen LogP contribution in [0.15, 0.2) is 0 Å². The van der Waals surface area contributed by atoms with Crippen LogP contribution in [-0.4, -0.2) is 30.2 Å². The molecule has 7 heteroatoms. The summed E-state index contributed by atoms with van der Waals surface area (Å²) < 4.78 is 0. The van der Waals surface area contributed by atoms with Crippen LogP contribution >= 0.6 is 0 Å². The van der Waals surface area contributed by atoms with Crippen LogP contribution < -0.4 is 11.1 Å². The molecule has 0 rings (SSSR count). The summed E-state index contributed by atoms with van der Waals surface area (Å²) in [7, 11) is 0. The zero-order valence-corrected chi connectivity index (χ0v) is 7.36. The minimum absolute atomic E-state index is 0.0407. The molecule has 1 atom stereocenters. The first kappa shape index (κ1) is 11.6. The van der Waals surface area contributed by atoms with Crippen molar-refractivity contribution in [3.63, 3.8) is 0 Å². The van der Waals surface area contributed by atoms with Crippen LogP contribution in [-0.2, 0) is 9.63 Å². The first-order chi connectivity index (χ1) is 6.06. The highest BCUT2D eigenvalue weighted by Crippen LogP contribution is 1.96. The quantitative estimate of drug-likeness (QED) is 0.415. The predicted octanol–water partition coefficient (Wildman–Crippen LogP) is -0.952. The van der Waals surface area contributed by atoms with Crippen LogP contribution in [0.3, 0.4) is 0 Å². The van der Waals surface area contributed by atoms with Crippen LogP contribution in [0.4, 0.5) is 0 Å². The summed E-state index contributed by atoms with van der Waals surface area (Å²) in [5, 5.41) is 11.4. The van der Waals surface area contributed by atoms with Crippen LogP contribution in [0.1, 0.15) is 13.3 Å². The third kappa shape index (κ3) is 7.01. The molecule has 0 saturated heterocycles. The van der Waals surface area contributed by atoms with Crippen molar-refractivity contribution in [2.45, 2.75) is 19.4 Å². The van der Waals surface area contributed by atoms with Crippen molar-refractivity contribution in [2.24, 2.45) is 5.73 Å². The van der Waals surface area contributed by atoms with E-state index in [2.05, 4.69) is 10.2 Å². The van der Waals surface area contributed by atoms with Gasteiger partial charge in [0.1, 0.15) is 6.10 Å². The van der Waals surface area contributed by atoms with Crippen molar-refractivity contribution in [3.8, 4) is 0 Å². The van der Waals surface area contributed by atoms with Gasteiger partial charge in [0.05, 0.1) is 6.42 Å². The van der Waals surface area contributed by atoms with E-state index in [1.807, 2.05) is 0 Å². The number of hydrogen-bond acceptors (Lipinski definition) is 5. The van der Waals surface area contributed by atoms with Gasteiger partial charge in [-0.15, -0.1) is 10.1 Å². The smallest absolute Gasteiger partial charge is 0.294 e. The fourth-order valence-corrected chi connectivity index (χ4v) is 0.729. The Morgan fingerprint density at radius 1 is 1.77 bits per heavy atom. The summed E-state index contributed by atoms with van der Waals surface area (Å²) >= 11 is 0. The van der Waals surface area contributed by atoms with Crippen molar-refractivity contribution >= 4 is 5.91 Å². The fraction of sp³-hybridized carbons (Fsp3) is 0.833. The Bertz CT molecular complexity index is 185. The summed E-state index contributed by atoms with van der Waals surface area (Å²) in [5.74, 6) is -0.306. The normalized spacial score (nSPS) is 11.8. The lowest BCUT2D eigenvalue weighted by Gasteiger charge is -2.08. The maximum absolute atomic E-state index is 10.9. The number of rotatable bonds is 6. The molecule has 1 amide bonds. The lowest BCUT2D eigenvalue weighted by molar-refractivity contribution is -0.767. The average molecular weight is 191 g/mol. The van der Waals surface area contributed by atoms with Gasteiger partial charge in [0.15, 0.2) is 0 Å². The van der Waals surface area contributed by atoms with Crippen molar-refractivity contribution in [2.75, 3.05) is 13.1 Å². The molecule has 0 aromatic carbocycles. The molecule has 0 heterocycles. The fourth-order valence-electron chi connectivity index (χ4n) is 0.729. The van der Waals surface area contributed by atoms with Crippen LogP contribution in [0.25, 0.3) is 0 Å². The number of carbonyl (C=O) groups is 1. The van der Waals surface area contributed by atoms with Gasteiger partial charge in [-0.2, -0.15) is 0 Å². The molecule has 0 aromatic rings. The Morgan fingerprint density at radius 2 is 2.38 bits per heavy atom. The number of nitrogens with two attached hydrogens (primary N) is 1. The molecule has 0 saturated carbocycles. The van der Waals surface area contributed by atoms with Crippen molar-refractivity contribution in [3.05, 3.63) is 10.1 Å². The number of amides is 1. The van der Waals surface area contributed by atoms with Gasteiger partial charge in [-0.05, 0) is 6.92 Å². The second-order valence-electron chi connectivity index (χ2n) is 2.48. The highest BCUT2D eigenvalue weighted by molar-refractivity contribution is 5.76. The van der Waals surface area contributed by atoms with Gasteiger partial charge in [-0.3, -0.25) is 4.79 Å². The lowest BCUT2D eigenvalue weighted by atomic mass is 10.3. The molecular formula is C6H13N3O4. The molecule has 0 aromatic heterocycles. The second-order valence-corrected chi connectivity index (χ2v) is 2.48. The van der Waals surface area contributed by atoms with Crippen LogP contribution in [0.2, 0.25) is 0 Å². The van der Waals surface area contributed by atoms with Gasteiger partial charge < -0.3 is 15.9 Å². The predicted molar refractivity (Wildman–Crippen MR) is 44.2 cm³/mol. The average Bonchev–Trinajstić information content (AvgIpc) is 1.98. The first-order valence-electron chi connectivity index (χ1n) is 3.84. The highest BCUT2D eigenvalue weighted by Gasteiger charge is 2.11. The van der Waals surface area contributed by atoms with Gasteiger partial charge >= 0.3 is 0 Å². The zero-order chi connectivity index (χ0) is 10.3. The zero-order valence-electron chi connectivity index (χ0n) is 7.36.